The van der Waals surface area contributed by atoms with Crippen LogP contribution in [0.15, 0.2) is 24.3 Å². The van der Waals surface area contributed by atoms with E-state index in [4.69, 9.17) is 9.47 Å². The molecule has 0 saturated heterocycles. The third-order valence-corrected chi connectivity index (χ3v) is 1.79. The molecule has 0 heterocycles. The molecule has 2 nitrogen and oxygen atoms in total. The van der Waals surface area contributed by atoms with Crippen LogP contribution in [0.3, 0.4) is 0 Å². The molecule has 1 radical (unpaired) electrons. The van der Waals surface area contributed by atoms with E-state index >= 15 is 0 Å². The highest BCUT2D eigenvalue weighted by molar-refractivity contribution is 5.33. The fourth-order valence-electron chi connectivity index (χ4n) is 1.09. The van der Waals surface area contributed by atoms with E-state index in [2.05, 4.69) is 6.92 Å². The summed E-state index contributed by atoms with van der Waals surface area (Å²) < 4.78 is 10.4. The Kier molecular flexibility index (Phi) is 4.33. The van der Waals surface area contributed by atoms with Crippen LogP contribution in [-0.2, 0) is 11.2 Å². The van der Waals surface area contributed by atoms with Gasteiger partial charge in [0.15, 0.2) is 0 Å². The van der Waals surface area contributed by atoms with E-state index in [1.807, 2.05) is 24.3 Å². The lowest BCUT2D eigenvalue weighted by molar-refractivity contribution is 0.146. The maximum atomic E-state index is 5.50. The van der Waals surface area contributed by atoms with Gasteiger partial charge in [-0.2, -0.15) is 0 Å². The summed E-state index contributed by atoms with van der Waals surface area (Å²) in [5, 5.41) is 0. The number of ether oxygens (including phenoxy) is 2. The molecule has 13 heavy (non-hydrogen) atoms. The lowest BCUT2D eigenvalue weighted by Gasteiger charge is -2.09. The van der Waals surface area contributed by atoms with E-state index in [1.165, 1.54) is 0 Å². The number of hydrogen-bond acceptors (Lipinski definition) is 2. The van der Waals surface area contributed by atoms with Gasteiger partial charge in [0.1, 0.15) is 12.4 Å². The second-order valence-electron chi connectivity index (χ2n) is 2.70. The maximum absolute atomic E-state index is 5.50. The topological polar surface area (TPSA) is 18.5 Å². The van der Waals surface area contributed by atoms with Crippen molar-refractivity contribution in [2.75, 3.05) is 20.3 Å². The molecule has 71 valence electrons. The Balaban J connectivity index is 2.54. The molecule has 0 aliphatic rings. The molecule has 0 aliphatic carbocycles. The van der Waals surface area contributed by atoms with Crippen molar-refractivity contribution in [1.82, 2.24) is 0 Å². The number of methoxy groups -OCH3 is 1. The van der Waals surface area contributed by atoms with Crippen LogP contribution >= 0.6 is 0 Å². The molecule has 2 heteroatoms. The average molecular weight is 179 g/mol. The quantitative estimate of drug-likeness (QED) is 0.644. The van der Waals surface area contributed by atoms with E-state index in [0.717, 1.165) is 17.7 Å². The van der Waals surface area contributed by atoms with Crippen LogP contribution in [0.4, 0.5) is 0 Å². The number of para-hydroxylation sites is 1. The maximum Gasteiger partial charge on any atom is 0.122 e. The van der Waals surface area contributed by atoms with E-state index in [1.54, 1.807) is 7.11 Å². The summed E-state index contributed by atoms with van der Waals surface area (Å²) in [5.74, 6) is 0.912. The van der Waals surface area contributed by atoms with Crippen molar-refractivity contribution in [3.8, 4) is 5.75 Å². The second kappa shape index (κ2) is 5.60. The first-order valence-electron chi connectivity index (χ1n) is 4.37. The first-order chi connectivity index (χ1) is 6.38. The zero-order valence-electron chi connectivity index (χ0n) is 7.95. The Morgan fingerprint density at radius 3 is 2.69 bits per heavy atom. The van der Waals surface area contributed by atoms with Gasteiger partial charge in [-0.1, -0.05) is 18.2 Å². The predicted octanol–water partition coefficient (Wildman–Crippen LogP) is 2.09. The second-order valence-corrected chi connectivity index (χ2v) is 2.70. The minimum absolute atomic E-state index is 0.591. The predicted molar refractivity (Wildman–Crippen MR) is 52.9 cm³/mol. The molecule has 0 aromatic heterocycles. The highest BCUT2D eigenvalue weighted by Crippen LogP contribution is 2.17. The van der Waals surface area contributed by atoms with Crippen molar-refractivity contribution in [1.29, 1.82) is 0 Å². The van der Waals surface area contributed by atoms with Crippen molar-refractivity contribution in [3.05, 3.63) is 36.8 Å². The average Bonchev–Trinajstić information content (AvgIpc) is 2.19. The summed E-state index contributed by atoms with van der Waals surface area (Å²) in [6.07, 6.45) is 0.753. The fraction of sp³-hybridized carbons (Fsp3) is 0.364. The lowest BCUT2D eigenvalue weighted by atomic mass is 10.1. The molecule has 0 bridgehead atoms. The van der Waals surface area contributed by atoms with Crippen LogP contribution in [-0.4, -0.2) is 20.3 Å². The number of hydrogen-bond donors (Lipinski definition) is 0. The van der Waals surface area contributed by atoms with Gasteiger partial charge in [-0.3, -0.25) is 0 Å². The van der Waals surface area contributed by atoms with Crippen LogP contribution in [0.25, 0.3) is 0 Å². The zero-order chi connectivity index (χ0) is 9.52. The fourth-order valence-corrected chi connectivity index (χ4v) is 1.09. The molecule has 0 spiro atoms. The van der Waals surface area contributed by atoms with Crippen LogP contribution in [0.5, 0.6) is 5.75 Å². The summed E-state index contributed by atoms with van der Waals surface area (Å²) in [6.45, 7) is 5.04. The Labute approximate surface area is 79.5 Å². The summed E-state index contributed by atoms with van der Waals surface area (Å²) in [4.78, 5) is 0. The first-order valence-corrected chi connectivity index (χ1v) is 4.37. The smallest absolute Gasteiger partial charge is 0.122 e. The normalized spacial score (nSPS) is 10.0. The van der Waals surface area contributed by atoms with Crippen LogP contribution < -0.4 is 4.74 Å². The molecular weight excluding hydrogens is 164 g/mol. The van der Waals surface area contributed by atoms with Gasteiger partial charge in [0.2, 0.25) is 0 Å². The molecule has 0 saturated carbocycles. The van der Waals surface area contributed by atoms with Gasteiger partial charge in [0.05, 0.1) is 6.61 Å². The highest BCUT2D eigenvalue weighted by atomic mass is 16.5. The van der Waals surface area contributed by atoms with Gasteiger partial charge in [-0.05, 0) is 25.0 Å². The van der Waals surface area contributed by atoms with E-state index in [9.17, 15) is 0 Å². The molecule has 0 amide bonds. The largest absolute Gasteiger partial charge is 0.491 e. The Morgan fingerprint density at radius 1 is 1.23 bits per heavy atom. The van der Waals surface area contributed by atoms with E-state index in [-0.39, 0.29) is 0 Å². The molecule has 0 fully saturated rings. The van der Waals surface area contributed by atoms with Gasteiger partial charge in [0, 0.05) is 7.11 Å². The summed E-state index contributed by atoms with van der Waals surface area (Å²) in [6, 6.07) is 7.93. The van der Waals surface area contributed by atoms with Gasteiger partial charge < -0.3 is 9.47 Å². The van der Waals surface area contributed by atoms with Gasteiger partial charge >= 0.3 is 0 Å². The summed E-state index contributed by atoms with van der Waals surface area (Å²) in [7, 11) is 1.66. The van der Waals surface area contributed by atoms with Crippen LogP contribution in [0.1, 0.15) is 5.56 Å². The van der Waals surface area contributed by atoms with Gasteiger partial charge in [-0.15, -0.1) is 0 Å². The summed E-state index contributed by atoms with van der Waals surface area (Å²) >= 11 is 0. The number of benzene rings is 1. The standard InChI is InChI=1S/C11H15O2/c1-3-10-6-4-5-7-11(10)13-9-8-12-2/h4-7H,1,3,8-9H2,2H3. The van der Waals surface area contributed by atoms with Crippen molar-refractivity contribution in [2.45, 2.75) is 6.42 Å². The molecule has 1 aromatic rings. The SMILES string of the molecule is [CH2]Cc1ccccc1OCCOC. The minimum Gasteiger partial charge on any atom is -0.491 e. The zero-order valence-corrected chi connectivity index (χ0v) is 7.95. The van der Waals surface area contributed by atoms with Gasteiger partial charge in [-0.25, -0.2) is 0 Å². The summed E-state index contributed by atoms with van der Waals surface area (Å²) in [5.41, 5.74) is 1.14. The molecular formula is C11H15O2. The Bertz CT molecular complexity index is 246. The molecule has 0 atom stereocenters. The van der Waals surface area contributed by atoms with Crippen LogP contribution in [0.2, 0.25) is 0 Å². The number of rotatable bonds is 5. The van der Waals surface area contributed by atoms with Crippen molar-refractivity contribution in [2.24, 2.45) is 0 Å². The molecule has 1 aromatic carbocycles. The monoisotopic (exact) mass is 179 g/mol. The lowest BCUT2D eigenvalue weighted by Crippen LogP contribution is -2.05. The third kappa shape index (κ3) is 3.07. The minimum atomic E-state index is 0.591. The van der Waals surface area contributed by atoms with E-state index in [0.29, 0.717) is 13.2 Å². The van der Waals surface area contributed by atoms with Crippen molar-refractivity contribution < 1.29 is 9.47 Å². The molecule has 0 N–H and O–H groups in total. The van der Waals surface area contributed by atoms with Crippen LogP contribution in [0, 0.1) is 6.92 Å². The molecule has 0 aliphatic heterocycles. The molecule has 0 unspecified atom stereocenters. The highest BCUT2D eigenvalue weighted by Gasteiger charge is 1.98. The Hall–Kier alpha value is -1.02. The molecule has 1 rings (SSSR count). The van der Waals surface area contributed by atoms with E-state index < -0.39 is 0 Å². The van der Waals surface area contributed by atoms with Crippen molar-refractivity contribution in [3.63, 3.8) is 0 Å². The Morgan fingerprint density at radius 2 is 2.00 bits per heavy atom. The third-order valence-electron chi connectivity index (χ3n) is 1.79. The first kappa shape index (κ1) is 10.1. The van der Waals surface area contributed by atoms with Crippen molar-refractivity contribution >= 4 is 0 Å². The van der Waals surface area contributed by atoms with Gasteiger partial charge in [0.25, 0.3) is 0 Å².